The van der Waals surface area contributed by atoms with E-state index in [1.807, 2.05) is 18.2 Å². The zero-order valence-electron chi connectivity index (χ0n) is 14.1. The molecule has 0 saturated carbocycles. The van der Waals surface area contributed by atoms with Crippen molar-refractivity contribution in [2.75, 3.05) is 18.6 Å². The molecular weight excluding hydrogens is 314 g/mol. The van der Waals surface area contributed by atoms with Crippen LogP contribution in [-0.2, 0) is 20.7 Å². The second-order valence-corrected chi connectivity index (χ2v) is 7.18. The highest BCUT2D eigenvalue weighted by Crippen LogP contribution is 2.11. The van der Waals surface area contributed by atoms with Gasteiger partial charge >= 0.3 is 12.1 Å². The van der Waals surface area contributed by atoms with E-state index >= 15 is 0 Å². The van der Waals surface area contributed by atoms with Gasteiger partial charge in [-0.25, -0.2) is 9.59 Å². The molecule has 1 amide bonds. The number of alkyl carbamates (subject to hydrolysis) is 1. The fourth-order valence-corrected chi connectivity index (χ4v) is 2.80. The van der Waals surface area contributed by atoms with Crippen molar-refractivity contribution in [3.63, 3.8) is 0 Å². The molecule has 0 radical (unpaired) electrons. The summed E-state index contributed by atoms with van der Waals surface area (Å²) in [7, 11) is 1.31. The van der Waals surface area contributed by atoms with Gasteiger partial charge in [-0.1, -0.05) is 30.3 Å². The molecule has 0 bridgehead atoms. The highest BCUT2D eigenvalue weighted by molar-refractivity contribution is 7.99. The van der Waals surface area contributed by atoms with Crippen molar-refractivity contribution in [1.82, 2.24) is 5.32 Å². The largest absolute Gasteiger partial charge is 0.467 e. The smallest absolute Gasteiger partial charge is 0.408 e. The molecule has 1 rings (SSSR count). The molecular formula is C17H25NO4S. The minimum absolute atomic E-state index is 0.443. The number of nitrogens with one attached hydrogen (secondary N) is 1. The predicted octanol–water partition coefficient (Wildman–Crippen LogP) is 3.03. The molecule has 0 aliphatic carbocycles. The Hall–Kier alpha value is -1.69. The molecule has 0 fully saturated rings. The number of ether oxygens (including phenoxy) is 2. The zero-order valence-corrected chi connectivity index (χ0v) is 14.9. The quantitative estimate of drug-likeness (QED) is 0.611. The number of hydrogen-bond donors (Lipinski definition) is 1. The number of methoxy groups -OCH3 is 1. The molecule has 0 saturated heterocycles. The number of carbonyl (C=O) groups excluding carboxylic acids is 2. The predicted molar refractivity (Wildman–Crippen MR) is 92.6 cm³/mol. The first-order valence-corrected chi connectivity index (χ1v) is 8.66. The van der Waals surface area contributed by atoms with E-state index in [2.05, 4.69) is 17.4 Å². The Bertz CT molecular complexity index is 499. The van der Waals surface area contributed by atoms with Gasteiger partial charge in [0.2, 0.25) is 0 Å². The molecule has 0 aliphatic heterocycles. The van der Waals surface area contributed by atoms with Gasteiger partial charge < -0.3 is 14.8 Å². The summed E-state index contributed by atoms with van der Waals surface area (Å²) in [4.78, 5) is 23.6. The summed E-state index contributed by atoms with van der Waals surface area (Å²) in [5.74, 6) is 0.828. The Balaban J connectivity index is 2.42. The van der Waals surface area contributed by atoms with Gasteiger partial charge in [0.25, 0.3) is 0 Å². The molecule has 0 aromatic heterocycles. The van der Waals surface area contributed by atoms with Gasteiger partial charge in [0.1, 0.15) is 11.6 Å². The van der Waals surface area contributed by atoms with Gasteiger partial charge in [0.05, 0.1) is 7.11 Å². The number of hydrogen-bond acceptors (Lipinski definition) is 5. The second-order valence-electron chi connectivity index (χ2n) is 6.03. The highest BCUT2D eigenvalue weighted by atomic mass is 32.2. The fraction of sp³-hybridized carbons (Fsp3) is 0.529. The first-order valence-electron chi connectivity index (χ1n) is 7.51. The average Bonchev–Trinajstić information content (AvgIpc) is 2.48. The molecule has 23 heavy (non-hydrogen) atoms. The molecule has 1 aromatic rings. The summed E-state index contributed by atoms with van der Waals surface area (Å²) < 4.78 is 9.91. The Morgan fingerprint density at radius 2 is 1.87 bits per heavy atom. The molecule has 0 aliphatic rings. The number of carbonyl (C=O) groups is 2. The van der Waals surface area contributed by atoms with E-state index < -0.39 is 23.7 Å². The number of rotatable bonds is 7. The van der Waals surface area contributed by atoms with Crippen LogP contribution in [0, 0.1) is 0 Å². The van der Waals surface area contributed by atoms with Crippen molar-refractivity contribution in [3.8, 4) is 0 Å². The molecule has 1 atom stereocenters. The summed E-state index contributed by atoms with van der Waals surface area (Å²) >= 11 is 1.59. The third-order valence-corrected chi connectivity index (χ3v) is 3.90. The van der Waals surface area contributed by atoms with Crippen LogP contribution in [0.1, 0.15) is 26.3 Å². The van der Waals surface area contributed by atoms with Crippen molar-refractivity contribution in [1.29, 1.82) is 0 Å². The number of esters is 1. The molecule has 6 heteroatoms. The van der Waals surface area contributed by atoms with E-state index in [-0.39, 0.29) is 0 Å². The van der Waals surface area contributed by atoms with Crippen LogP contribution in [0.15, 0.2) is 30.3 Å². The van der Waals surface area contributed by atoms with Crippen molar-refractivity contribution in [2.45, 2.75) is 38.8 Å². The summed E-state index contributed by atoms with van der Waals surface area (Å²) in [6.45, 7) is 5.32. The monoisotopic (exact) mass is 339 g/mol. The summed E-state index contributed by atoms with van der Waals surface area (Å²) in [5.41, 5.74) is 0.639. The first-order chi connectivity index (χ1) is 10.8. The van der Waals surface area contributed by atoms with Crippen LogP contribution in [0.4, 0.5) is 4.79 Å². The lowest BCUT2D eigenvalue weighted by Crippen LogP contribution is -2.45. The minimum atomic E-state index is -0.712. The van der Waals surface area contributed by atoms with Crippen molar-refractivity contribution in [2.24, 2.45) is 0 Å². The van der Waals surface area contributed by atoms with Crippen LogP contribution >= 0.6 is 11.8 Å². The maximum Gasteiger partial charge on any atom is 0.408 e. The molecule has 5 nitrogen and oxygen atoms in total. The van der Waals surface area contributed by atoms with Gasteiger partial charge in [-0.05, 0) is 38.5 Å². The summed E-state index contributed by atoms with van der Waals surface area (Å²) in [5, 5.41) is 2.57. The third kappa shape index (κ3) is 8.50. The van der Waals surface area contributed by atoms with E-state index in [1.165, 1.54) is 12.7 Å². The van der Waals surface area contributed by atoms with Gasteiger partial charge in [0.15, 0.2) is 0 Å². The van der Waals surface area contributed by atoms with E-state index in [1.54, 1.807) is 32.5 Å². The summed E-state index contributed by atoms with van der Waals surface area (Å²) in [6.07, 6.45) is 0.294. The summed E-state index contributed by atoms with van der Waals surface area (Å²) in [6, 6.07) is 9.40. The van der Waals surface area contributed by atoms with Gasteiger partial charge in [0, 0.05) is 5.75 Å². The van der Waals surface area contributed by atoms with E-state index in [0.717, 1.165) is 12.2 Å². The molecule has 1 N–H and O–H groups in total. The maximum atomic E-state index is 11.8. The molecule has 0 heterocycles. The topological polar surface area (TPSA) is 64.6 Å². The first kappa shape index (κ1) is 19.4. The molecule has 128 valence electrons. The van der Waals surface area contributed by atoms with Gasteiger partial charge in [-0.3, -0.25) is 0 Å². The van der Waals surface area contributed by atoms with Crippen molar-refractivity contribution >= 4 is 23.8 Å². The molecule has 1 aromatic carbocycles. The van der Waals surface area contributed by atoms with E-state index in [9.17, 15) is 9.59 Å². The minimum Gasteiger partial charge on any atom is -0.467 e. The van der Waals surface area contributed by atoms with Gasteiger partial charge in [-0.15, -0.1) is 0 Å². The lowest BCUT2D eigenvalue weighted by Gasteiger charge is -2.22. The Morgan fingerprint density at radius 3 is 2.43 bits per heavy atom. The zero-order chi connectivity index (χ0) is 17.3. The van der Waals surface area contributed by atoms with Gasteiger partial charge in [-0.2, -0.15) is 11.8 Å². The number of thioether (sulfide) groups is 1. The van der Waals surface area contributed by atoms with E-state index in [4.69, 9.17) is 9.47 Å². The number of aryl methyl sites for hydroxylation is 1. The van der Waals surface area contributed by atoms with Crippen LogP contribution in [0.5, 0.6) is 0 Å². The normalized spacial score (nSPS) is 12.3. The van der Waals surface area contributed by atoms with Crippen LogP contribution in [0.25, 0.3) is 0 Å². The van der Waals surface area contributed by atoms with E-state index in [0.29, 0.717) is 5.75 Å². The lowest BCUT2D eigenvalue weighted by molar-refractivity contribution is -0.142. The fourth-order valence-electron chi connectivity index (χ4n) is 1.80. The van der Waals surface area contributed by atoms with Crippen LogP contribution in [0.3, 0.4) is 0 Å². The maximum absolute atomic E-state index is 11.8. The Kier molecular flexibility index (Phi) is 7.95. The highest BCUT2D eigenvalue weighted by Gasteiger charge is 2.24. The molecule has 0 spiro atoms. The van der Waals surface area contributed by atoms with Crippen LogP contribution < -0.4 is 5.32 Å². The lowest BCUT2D eigenvalue weighted by atomic mass is 10.2. The Labute approximate surface area is 142 Å². The van der Waals surface area contributed by atoms with Crippen molar-refractivity contribution in [3.05, 3.63) is 35.9 Å². The van der Waals surface area contributed by atoms with Crippen molar-refractivity contribution < 1.29 is 19.1 Å². The number of amides is 1. The molecule has 0 unspecified atom stereocenters. The SMILES string of the molecule is COC(=O)[C@H](CSCCc1ccccc1)NC(=O)OC(C)(C)C. The van der Waals surface area contributed by atoms with Crippen LogP contribution in [0.2, 0.25) is 0 Å². The number of benzene rings is 1. The second kappa shape index (κ2) is 9.45. The Morgan fingerprint density at radius 1 is 1.22 bits per heavy atom. The van der Waals surface area contributed by atoms with Crippen LogP contribution in [-0.4, -0.2) is 42.3 Å². The third-order valence-electron chi connectivity index (χ3n) is 2.84. The standard InChI is InChI=1S/C17H25NO4S/c1-17(2,3)22-16(20)18-14(15(19)21-4)12-23-11-10-13-8-6-5-7-9-13/h5-9,14H,10-12H2,1-4H3,(H,18,20)/t14-/m0/s1. The average molecular weight is 339 g/mol.